The van der Waals surface area contributed by atoms with E-state index in [0.29, 0.717) is 12.3 Å². The summed E-state index contributed by atoms with van der Waals surface area (Å²) in [5.74, 6) is 1.61. The van der Waals surface area contributed by atoms with Gasteiger partial charge in [0, 0.05) is 0 Å². The number of phenolic OH excluding ortho intramolecular Hbond substituents is 1. The van der Waals surface area contributed by atoms with Crippen LogP contribution in [0, 0.1) is 0 Å². The molecule has 0 amide bonds. The molecule has 0 bridgehead atoms. The molecule has 4 N–H and O–H groups in total. The van der Waals surface area contributed by atoms with Crippen molar-refractivity contribution in [1.82, 2.24) is 5.43 Å². The van der Waals surface area contributed by atoms with Crippen LogP contribution in [-0.4, -0.2) is 11.4 Å². The van der Waals surface area contributed by atoms with Crippen LogP contribution in [0.4, 0.5) is 0 Å². The number of nitrogens with two attached hydrogens (primary N) is 1. The molecule has 0 spiro atoms. The van der Waals surface area contributed by atoms with E-state index in [1.807, 2.05) is 24.3 Å². The van der Waals surface area contributed by atoms with Crippen LogP contribution in [-0.2, 0) is 6.54 Å². The summed E-state index contributed by atoms with van der Waals surface area (Å²) >= 11 is 0. The summed E-state index contributed by atoms with van der Waals surface area (Å²) in [6.45, 7) is 0.570. The lowest BCUT2D eigenvalue weighted by Crippen LogP contribution is -2.07. The number of phenols is 1. The molecule has 0 aromatic heterocycles. The lowest BCUT2D eigenvalue weighted by Gasteiger charge is -2.07. The predicted molar refractivity (Wildman–Crippen MR) is 74.1 cm³/mol. The summed E-state index contributed by atoms with van der Waals surface area (Å²) in [7, 11) is 0. The van der Waals surface area contributed by atoms with Crippen molar-refractivity contribution < 1.29 is 9.84 Å². The minimum absolute atomic E-state index is 0.213. The second-order valence-electron chi connectivity index (χ2n) is 3.86. The summed E-state index contributed by atoms with van der Waals surface area (Å²) in [6.07, 6.45) is 1.21. The molecule has 5 nitrogen and oxygen atoms in total. The fraction of sp³-hybridized carbons (Fsp3) is 0.0714. The van der Waals surface area contributed by atoms with Gasteiger partial charge in [0.1, 0.15) is 23.6 Å². The van der Waals surface area contributed by atoms with Gasteiger partial charge in [-0.15, -0.1) is 0 Å². The highest BCUT2D eigenvalue weighted by Crippen LogP contribution is 2.23. The molecule has 0 saturated carbocycles. The lowest BCUT2D eigenvalue weighted by atomic mass is 10.2. The first-order chi connectivity index (χ1) is 9.28. The Kier molecular flexibility index (Phi) is 4.23. The molecular formula is C14H15N3O2. The molecule has 0 saturated heterocycles. The van der Waals surface area contributed by atoms with E-state index < -0.39 is 0 Å². The fourth-order valence-electron chi connectivity index (χ4n) is 1.56. The highest BCUT2D eigenvalue weighted by atomic mass is 16.5. The molecule has 0 heterocycles. The van der Waals surface area contributed by atoms with E-state index in [2.05, 4.69) is 10.5 Å². The summed E-state index contributed by atoms with van der Waals surface area (Å²) in [5.41, 5.74) is 8.97. The van der Waals surface area contributed by atoms with Crippen LogP contribution in [0.2, 0.25) is 0 Å². The molecule has 2 rings (SSSR count). The Morgan fingerprint density at radius 3 is 2.68 bits per heavy atom. The highest BCUT2D eigenvalue weighted by Gasteiger charge is 1.99. The van der Waals surface area contributed by atoms with Crippen LogP contribution in [0.5, 0.6) is 17.2 Å². The summed E-state index contributed by atoms with van der Waals surface area (Å²) in [5, 5.41) is 12.9. The van der Waals surface area contributed by atoms with Gasteiger partial charge >= 0.3 is 0 Å². The minimum Gasteiger partial charge on any atom is -0.508 e. The van der Waals surface area contributed by atoms with E-state index in [1.54, 1.807) is 24.3 Å². The van der Waals surface area contributed by atoms with Crippen molar-refractivity contribution in [3.05, 3.63) is 54.1 Å². The van der Waals surface area contributed by atoms with Crippen LogP contribution in [0.15, 0.2) is 53.6 Å². The van der Waals surface area contributed by atoms with Crippen molar-refractivity contribution in [2.24, 2.45) is 10.8 Å². The Morgan fingerprint density at radius 1 is 1.16 bits per heavy atom. The molecular weight excluding hydrogens is 242 g/mol. The third-order valence-electron chi connectivity index (χ3n) is 2.42. The lowest BCUT2D eigenvalue weighted by molar-refractivity contribution is 0.464. The summed E-state index contributed by atoms with van der Waals surface area (Å²) < 4.78 is 5.68. The van der Waals surface area contributed by atoms with Gasteiger partial charge in [0.2, 0.25) is 0 Å². The van der Waals surface area contributed by atoms with E-state index in [9.17, 15) is 5.11 Å². The van der Waals surface area contributed by atoms with Crippen molar-refractivity contribution in [1.29, 1.82) is 0 Å². The van der Waals surface area contributed by atoms with Crippen molar-refractivity contribution in [3.8, 4) is 17.2 Å². The second-order valence-corrected chi connectivity index (χ2v) is 3.86. The maximum absolute atomic E-state index is 9.20. The van der Waals surface area contributed by atoms with Crippen molar-refractivity contribution in [2.45, 2.75) is 6.54 Å². The Morgan fingerprint density at radius 2 is 1.95 bits per heavy atom. The summed E-state index contributed by atoms with van der Waals surface area (Å²) in [6, 6.07) is 14.2. The van der Waals surface area contributed by atoms with Crippen LogP contribution < -0.4 is 15.9 Å². The number of ether oxygens (including phenoxy) is 1. The molecule has 2 aromatic carbocycles. The SMILES string of the molecule is N/C=N\NCc1cccc(Oc2ccc(O)cc2)c1. The number of hydrazone groups is 1. The van der Waals surface area contributed by atoms with Crippen LogP contribution in [0.3, 0.4) is 0 Å². The topological polar surface area (TPSA) is 79.9 Å². The maximum atomic E-state index is 9.20. The number of nitrogens with one attached hydrogen (secondary N) is 1. The molecule has 0 aliphatic rings. The predicted octanol–water partition coefficient (Wildman–Crippen LogP) is 2.18. The number of hydrogen-bond donors (Lipinski definition) is 3. The molecule has 5 heteroatoms. The zero-order valence-electron chi connectivity index (χ0n) is 10.3. The number of benzene rings is 2. The molecule has 0 radical (unpaired) electrons. The third kappa shape index (κ3) is 3.92. The van der Waals surface area contributed by atoms with Gasteiger partial charge in [0.15, 0.2) is 0 Å². The monoisotopic (exact) mass is 257 g/mol. The normalized spacial score (nSPS) is 10.5. The Balaban J connectivity index is 2.04. The van der Waals surface area contributed by atoms with Gasteiger partial charge < -0.3 is 21.0 Å². The van der Waals surface area contributed by atoms with Crippen LogP contribution >= 0.6 is 0 Å². The van der Waals surface area contributed by atoms with Crippen molar-refractivity contribution in [2.75, 3.05) is 0 Å². The average Bonchev–Trinajstić information content (AvgIpc) is 2.42. The zero-order chi connectivity index (χ0) is 13.5. The quantitative estimate of drug-likeness (QED) is 0.435. The van der Waals surface area contributed by atoms with Gasteiger partial charge in [-0.1, -0.05) is 12.1 Å². The minimum atomic E-state index is 0.213. The number of aromatic hydroxyl groups is 1. The molecule has 0 aliphatic heterocycles. The van der Waals surface area contributed by atoms with Crippen molar-refractivity contribution in [3.63, 3.8) is 0 Å². The van der Waals surface area contributed by atoms with Crippen LogP contribution in [0.1, 0.15) is 5.56 Å². The third-order valence-corrected chi connectivity index (χ3v) is 2.42. The van der Waals surface area contributed by atoms with Gasteiger partial charge in [0.25, 0.3) is 0 Å². The smallest absolute Gasteiger partial charge is 0.127 e. The van der Waals surface area contributed by atoms with E-state index >= 15 is 0 Å². The number of nitrogens with zero attached hydrogens (tertiary/aromatic N) is 1. The Bertz CT molecular complexity index is 553. The van der Waals surface area contributed by atoms with E-state index in [0.717, 1.165) is 11.3 Å². The zero-order valence-corrected chi connectivity index (χ0v) is 10.3. The standard InChI is InChI=1S/C14H15N3O2/c15-10-17-16-9-11-2-1-3-14(8-11)19-13-6-4-12(18)5-7-13/h1-8,10,16,18H,9H2,(H2,15,17). The maximum Gasteiger partial charge on any atom is 0.127 e. The Hall–Kier alpha value is -2.69. The highest BCUT2D eigenvalue weighted by molar-refractivity contribution is 5.50. The fourth-order valence-corrected chi connectivity index (χ4v) is 1.56. The van der Waals surface area contributed by atoms with Gasteiger partial charge in [-0.3, -0.25) is 0 Å². The first-order valence-corrected chi connectivity index (χ1v) is 5.80. The van der Waals surface area contributed by atoms with Crippen molar-refractivity contribution >= 4 is 6.34 Å². The molecule has 2 aromatic rings. The molecule has 0 fully saturated rings. The molecule has 0 aliphatic carbocycles. The second kappa shape index (κ2) is 6.30. The average molecular weight is 257 g/mol. The van der Waals surface area contributed by atoms with E-state index in [1.165, 1.54) is 6.34 Å². The first kappa shape index (κ1) is 12.8. The van der Waals surface area contributed by atoms with Gasteiger partial charge in [0.05, 0.1) is 6.54 Å². The largest absolute Gasteiger partial charge is 0.508 e. The van der Waals surface area contributed by atoms with E-state index in [4.69, 9.17) is 10.5 Å². The van der Waals surface area contributed by atoms with E-state index in [-0.39, 0.29) is 5.75 Å². The molecule has 0 unspecified atom stereocenters. The molecule has 98 valence electrons. The molecule has 0 atom stereocenters. The van der Waals surface area contributed by atoms with Gasteiger partial charge in [-0.05, 0) is 42.0 Å². The number of hydrogen-bond acceptors (Lipinski definition) is 4. The molecule has 19 heavy (non-hydrogen) atoms. The van der Waals surface area contributed by atoms with Crippen LogP contribution in [0.25, 0.3) is 0 Å². The Labute approximate surface area is 111 Å². The van der Waals surface area contributed by atoms with Gasteiger partial charge in [-0.25, -0.2) is 0 Å². The summed E-state index contributed by atoms with van der Waals surface area (Å²) in [4.78, 5) is 0. The van der Waals surface area contributed by atoms with Gasteiger partial charge in [-0.2, -0.15) is 5.10 Å². The first-order valence-electron chi connectivity index (χ1n) is 5.80. The number of rotatable bonds is 5.